The molecule has 1 aliphatic heterocycles. The SMILES string of the molecule is CC(=O)Nc1cccc(NC(=O)C(C)N2CCN(c3nccs3)CC2)c1. The number of aromatic nitrogens is 1. The standard InChI is InChI=1S/C18H23N5O2S/c1-13(22-7-9-23(10-8-22)18-19-6-11-26-18)17(25)21-16-5-3-4-15(12-16)20-14(2)24/h3-6,11-13H,7-10H2,1-2H3,(H,20,24)(H,21,25). The highest BCUT2D eigenvalue weighted by molar-refractivity contribution is 7.13. The van der Waals surface area contributed by atoms with Crippen LogP contribution in [0.2, 0.25) is 0 Å². The normalized spacial score (nSPS) is 16.2. The average Bonchev–Trinajstić information content (AvgIpc) is 3.15. The summed E-state index contributed by atoms with van der Waals surface area (Å²) in [5.74, 6) is -0.187. The maximum absolute atomic E-state index is 12.6. The van der Waals surface area contributed by atoms with Crippen LogP contribution in [0, 0.1) is 0 Å². The highest BCUT2D eigenvalue weighted by Crippen LogP contribution is 2.20. The van der Waals surface area contributed by atoms with Gasteiger partial charge in [-0.1, -0.05) is 6.07 Å². The highest BCUT2D eigenvalue weighted by atomic mass is 32.1. The molecule has 2 N–H and O–H groups in total. The van der Waals surface area contributed by atoms with Gasteiger partial charge in [0.05, 0.1) is 6.04 Å². The van der Waals surface area contributed by atoms with Crippen molar-refractivity contribution in [3.8, 4) is 0 Å². The lowest BCUT2D eigenvalue weighted by Crippen LogP contribution is -2.52. The lowest BCUT2D eigenvalue weighted by Gasteiger charge is -2.37. The summed E-state index contributed by atoms with van der Waals surface area (Å²) < 4.78 is 0. The van der Waals surface area contributed by atoms with Crippen LogP contribution >= 0.6 is 11.3 Å². The number of carbonyl (C=O) groups excluding carboxylic acids is 2. The number of thiazole rings is 1. The van der Waals surface area contributed by atoms with E-state index in [9.17, 15) is 9.59 Å². The minimum atomic E-state index is -0.224. The van der Waals surface area contributed by atoms with Crippen LogP contribution in [0.15, 0.2) is 35.8 Å². The van der Waals surface area contributed by atoms with Crippen molar-refractivity contribution in [2.75, 3.05) is 41.7 Å². The third-order valence-corrected chi connectivity index (χ3v) is 5.21. The average molecular weight is 373 g/mol. The number of anilines is 3. The Morgan fingerprint density at radius 1 is 1.15 bits per heavy atom. The van der Waals surface area contributed by atoms with Crippen LogP contribution in [0.25, 0.3) is 0 Å². The molecular formula is C18H23N5O2S. The lowest BCUT2D eigenvalue weighted by atomic mass is 10.2. The number of carbonyl (C=O) groups is 2. The van der Waals surface area contributed by atoms with Gasteiger partial charge in [-0.3, -0.25) is 14.5 Å². The third-order valence-electron chi connectivity index (χ3n) is 4.38. The minimum absolute atomic E-state index is 0.0485. The van der Waals surface area contributed by atoms with Gasteiger partial charge in [0.25, 0.3) is 0 Å². The molecule has 1 saturated heterocycles. The Bertz CT molecular complexity index is 757. The Morgan fingerprint density at radius 3 is 2.46 bits per heavy atom. The van der Waals surface area contributed by atoms with Crippen LogP contribution < -0.4 is 15.5 Å². The zero-order valence-corrected chi connectivity index (χ0v) is 15.8. The molecule has 0 bridgehead atoms. The number of piperazine rings is 1. The van der Waals surface area contributed by atoms with E-state index in [1.54, 1.807) is 29.5 Å². The largest absolute Gasteiger partial charge is 0.346 e. The van der Waals surface area contributed by atoms with Crippen molar-refractivity contribution in [3.63, 3.8) is 0 Å². The summed E-state index contributed by atoms with van der Waals surface area (Å²) in [6, 6.07) is 6.94. The summed E-state index contributed by atoms with van der Waals surface area (Å²) in [4.78, 5) is 32.5. The molecule has 2 amide bonds. The van der Waals surface area contributed by atoms with Crippen molar-refractivity contribution < 1.29 is 9.59 Å². The van der Waals surface area contributed by atoms with Crippen molar-refractivity contribution >= 4 is 39.7 Å². The van der Waals surface area contributed by atoms with E-state index in [0.29, 0.717) is 11.4 Å². The predicted octanol–water partition coefficient (Wildman–Crippen LogP) is 2.25. The van der Waals surface area contributed by atoms with Gasteiger partial charge >= 0.3 is 0 Å². The molecule has 2 aromatic rings. The first kappa shape index (κ1) is 18.3. The molecule has 1 aromatic carbocycles. The zero-order valence-electron chi connectivity index (χ0n) is 14.9. The first-order valence-electron chi connectivity index (χ1n) is 8.60. The van der Waals surface area contributed by atoms with Gasteiger partial charge in [-0.25, -0.2) is 4.98 Å². The molecule has 8 heteroatoms. The van der Waals surface area contributed by atoms with Crippen LogP contribution in [0.1, 0.15) is 13.8 Å². The summed E-state index contributed by atoms with van der Waals surface area (Å²) in [6.45, 7) is 6.75. The molecule has 1 atom stereocenters. The van der Waals surface area contributed by atoms with Gasteiger partial charge in [-0.05, 0) is 25.1 Å². The number of nitrogens with one attached hydrogen (secondary N) is 2. The molecule has 0 saturated carbocycles. The van der Waals surface area contributed by atoms with Gasteiger partial charge in [0.2, 0.25) is 11.8 Å². The number of hydrogen-bond donors (Lipinski definition) is 2. The number of nitrogens with zero attached hydrogens (tertiary/aromatic N) is 3. The number of benzene rings is 1. The fourth-order valence-corrected chi connectivity index (χ4v) is 3.66. The molecular weight excluding hydrogens is 350 g/mol. The maximum atomic E-state index is 12.6. The summed E-state index contributed by atoms with van der Waals surface area (Å²) in [5, 5.41) is 8.67. The first-order valence-corrected chi connectivity index (χ1v) is 9.48. The van der Waals surface area contributed by atoms with Crippen LogP contribution in [-0.2, 0) is 9.59 Å². The van der Waals surface area contributed by atoms with Gasteiger partial charge < -0.3 is 15.5 Å². The molecule has 26 heavy (non-hydrogen) atoms. The first-order chi connectivity index (χ1) is 12.5. The second-order valence-electron chi connectivity index (χ2n) is 6.26. The van der Waals surface area contributed by atoms with Crippen LogP contribution in [0.4, 0.5) is 16.5 Å². The summed E-state index contributed by atoms with van der Waals surface area (Å²) in [7, 11) is 0. The van der Waals surface area contributed by atoms with Gasteiger partial charge in [0.1, 0.15) is 0 Å². The monoisotopic (exact) mass is 373 g/mol. The van der Waals surface area contributed by atoms with Crippen LogP contribution in [0.3, 0.4) is 0 Å². The molecule has 1 unspecified atom stereocenters. The number of hydrogen-bond acceptors (Lipinski definition) is 6. The fourth-order valence-electron chi connectivity index (χ4n) is 2.96. The fraction of sp³-hybridized carbons (Fsp3) is 0.389. The number of rotatable bonds is 5. The predicted molar refractivity (Wildman–Crippen MR) is 105 cm³/mol. The van der Waals surface area contributed by atoms with Crippen LogP contribution in [0.5, 0.6) is 0 Å². The molecule has 1 aliphatic rings. The van der Waals surface area contributed by atoms with Crippen molar-refractivity contribution in [3.05, 3.63) is 35.8 Å². The zero-order chi connectivity index (χ0) is 18.5. The molecule has 0 aliphatic carbocycles. The molecule has 3 rings (SSSR count). The van der Waals surface area contributed by atoms with Gasteiger partial charge in [0.15, 0.2) is 5.13 Å². The van der Waals surface area contributed by atoms with Crippen LogP contribution in [-0.4, -0.2) is 53.9 Å². The summed E-state index contributed by atoms with van der Waals surface area (Å²) >= 11 is 1.64. The van der Waals surface area contributed by atoms with Gasteiger partial charge in [-0.15, -0.1) is 11.3 Å². The summed E-state index contributed by atoms with van der Waals surface area (Å²) in [6.07, 6.45) is 1.82. The highest BCUT2D eigenvalue weighted by Gasteiger charge is 2.26. The van der Waals surface area contributed by atoms with E-state index in [0.717, 1.165) is 31.3 Å². The Labute approximate surface area is 157 Å². The van der Waals surface area contributed by atoms with E-state index in [4.69, 9.17) is 0 Å². The van der Waals surface area contributed by atoms with Crippen molar-refractivity contribution in [1.82, 2.24) is 9.88 Å². The molecule has 1 aromatic heterocycles. The molecule has 138 valence electrons. The Balaban J connectivity index is 1.54. The molecule has 1 fully saturated rings. The lowest BCUT2D eigenvalue weighted by molar-refractivity contribution is -0.120. The van der Waals surface area contributed by atoms with Gasteiger partial charge in [0, 0.05) is 56.1 Å². The number of amides is 2. The van der Waals surface area contributed by atoms with Crippen molar-refractivity contribution in [2.45, 2.75) is 19.9 Å². The molecule has 0 spiro atoms. The topological polar surface area (TPSA) is 77.6 Å². The Morgan fingerprint density at radius 2 is 1.85 bits per heavy atom. The minimum Gasteiger partial charge on any atom is -0.346 e. The van der Waals surface area contributed by atoms with E-state index >= 15 is 0 Å². The smallest absolute Gasteiger partial charge is 0.241 e. The van der Waals surface area contributed by atoms with E-state index < -0.39 is 0 Å². The van der Waals surface area contributed by atoms with E-state index in [1.807, 2.05) is 24.6 Å². The van der Waals surface area contributed by atoms with E-state index in [1.165, 1.54) is 6.92 Å². The van der Waals surface area contributed by atoms with Crippen molar-refractivity contribution in [1.29, 1.82) is 0 Å². The molecule has 2 heterocycles. The second-order valence-corrected chi connectivity index (χ2v) is 7.14. The maximum Gasteiger partial charge on any atom is 0.241 e. The van der Waals surface area contributed by atoms with Crippen molar-refractivity contribution in [2.24, 2.45) is 0 Å². The Kier molecular flexibility index (Phi) is 5.85. The van der Waals surface area contributed by atoms with Gasteiger partial charge in [-0.2, -0.15) is 0 Å². The third kappa shape index (κ3) is 4.59. The Hall–Kier alpha value is -2.45. The van der Waals surface area contributed by atoms with E-state index in [2.05, 4.69) is 25.4 Å². The molecule has 0 radical (unpaired) electrons. The summed E-state index contributed by atoms with van der Waals surface area (Å²) in [5.41, 5.74) is 1.34. The second kappa shape index (κ2) is 8.29. The quantitative estimate of drug-likeness (QED) is 0.841. The van der Waals surface area contributed by atoms with E-state index in [-0.39, 0.29) is 17.9 Å². The molecule has 7 nitrogen and oxygen atoms in total.